The summed E-state index contributed by atoms with van der Waals surface area (Å²) in [5.74, 6) is 0.191. The van der Waals surface area contributed by atoms with Gasteiger partial charge in [0.1, 0.15) is 12.3 Å². The van der Waals surface area contributed by atoms with Crippen LogP contribution in [0.1, 0.15) is 56.7 Å². The molecule has 1 fully saturated rings. The Balaban J connectivity index is 1.49. The number of thioether (sulfide) groups is 1. The molecule has 36 heavy (non-hydrogen) atoms. The highest BCUT2D eigenvalue weighted by molar-refractivity contribution is 8.18. The number of nitrogens with one attached hydrogen (secondary N) is 1. The third-order valence-electron chi connectivity index (χ3n) is 6.93. The van der Waals surface area contributed by atoms with Crippen molar-refractivity contribution in [3.05, 3.63) is 58.0 Å². The van der Waals surface area contributed by atoms with Crippen molar-refractivity contribution in [1.82, 2.24) is 4.90 Å². The summed E-state index contributed by atoms with van der Waals surface area (Å²) in [6.45, 7) is 10.8. The van der Waals surface area contributed by atoms with Crippen molar-refractivity contribution in [3.63, 3.8) is 0 Å². The summed E-state index contributed by atoms with van der Waals surface area (Å²) in [7, 11) is 2.12. The average Bonchev–Trinajstić information content (AvgIpc) is 3.07. The van der Waals surface area contributed by atoms with E-state index in [0.29, 0.717) is 28.9 Å². The minimum absolute atomic E-state index is 0.0644. The molecule has 2 aromatic carbocycles. The molecule has 2 aliphatic rings. The summed E-state index contributed by atoms with van der Waals surface area (Å²) in [4.78, 5) is 41.8. The van der Waals surface area contributed by atoms with E-state index in [1.54, 1.807) is 30.3 Å². The predicted octanol–water partition coefficient (Wildman–Crippen LogP) is 5.79. The minimum atomic E-state index is -0.449. The van der Waals surface area contributed by atoms with E-state index in [4.69, 9.17) is 4.74 Å². The first-order valence-corrected chi connectivity index (χ1v) is 13.0. The molecule has 2 aromatic rings. The first-order chi connectivity index (χ1) is 17.0. The smallest absolute Gasteiger partial charge is 0.294 e. The van der Waals surface area contributed by atoms with Gasteiger partial charge < -0.3 is 15.0 Å². The molecule has 7 nitrogen and oxygen atoms in total. The number of benzene rings is 2. The average molecular weight is 508 g/mol. The highest BCUT2D eigenvalue weighted by Crippen LogP contribution is 2.44. The summed E-state index contributed by atoms with van der Waals surface area (Å²) in [6, 6.07) is 11.2. The summed E-state index contributed by atoms with van der Waals surface area (Å²) in [5, 5.41) is 2.28. The lowest BCUT2D eigenvalue weighted by Gasteiger charge is -2.45. The van der Waals surface area contributed by atoms with Gasteiger partial charge in [-0.2, -0.15) is 0 Å². The third-order valence-corrected chi connectivity index (χ3v) is 7.84. The van der Waals surface area contributed by atoms with Crippen LogP contribution in [-0.2, 0) is 9.59 Å². The van der Waals surface area contributed by atoms with Crippen LogP contribution < -0.4 is 15.0 Å². The molecule has 0 spiro atoms. The van der Waals surface area contributed by atoms with Gasteiger partial charge in [-0.15, -0.1) is 0 Å². The number of hydrogen-bond donors (Lipinski definition) is 1. The van der Waals surface area contributed by atoms with Crippen molar-refractivity contribution in [1.29, 1.82) is 0 Å². The summed E-state index contributed by atoms with van der Waals surface area (Å²) in [5.41, 5.74) is 5.02. The molecule has 0 saturated carbocycles. The Labute approximate surface area is 216 Å². The Morgan fingerprint density at radius 3 is 2.58 bits per heavy atom. The fourth-order valence-electron chi connectivity index (χ4n) is 4.81. The molecule has 0 aliphatic carbocycles. The Morgan fingerprint density at radius 1 is 1.22 bits per heavy atom. The van der Waals surface area contributed by atoms with Crippen molar-refractivity contribution in [2.24, 2.45) is 0 Å². The van der Waals surface area contributed by atoms with Gasteiger partial charge in [0, 0.05) is 24.0 Å². The predicted molar refractivity (Wildman–Crippen MR) is 146 cm³/mol. The van der Waals surface area contributed by atoms with Crippen molar-refractivity contribution < 1.29 is 19.1 Å². The lowest BCUT2D eigenvalue weighted by Crippen LogP contribution is -2.45. The second-order valence-corrected chi connectivity index (χ2v) is 11.0. The van der Waals surface area contributed by atoms with E-state index in [0.717, 1.165) is 34.2 Å². The maximum Gasteiger partial charge on any atom is 0.294 e. The van der Waals surface area contributed by atoms with Crippen LogP contribution in [0.15, 0.2) is 41.3 Å². The zero-order valence-electron chi connectivity index (χ0n) is 21.7. The van der Waals surface area contributed by atoms with Crippen LogP contribution in [0.3, 0.4) is 0 Å². The molecule has 1 atom stereocenters. The number of rotatable bonds is 6. The number of ether oxygens (including phenoxy) is 1. The molecule has 0 aromatic heterocycles. The second-order valence-electron chi connectivity index (χ2n) is 10.0. The lowest BCUT2D eigenvalue weighted by atomic mass is 9.79. The minimum Gasteiger partial charge on any atom is -0.494 e. The Bertz CT molecular complexity index is 1240. The number of aryl methyl sites for hydroxylation is 1. The van der Waals surface area contributed by atoms with E-state index >= 15 is 0 Å². The first kappa shape index (κ1) is 25.8. The van der Waals surface area contributed by atoms with E-state index in [9.17, 15) is 14.4 Å². The van der Waals surface area contributed by atoms with Gasteiger partial charge in [-0.3, -0.25) is 19.3 Å². The van der Waals surface area contributed by atoms with Crippen LogP contribution in [-0.4, -0.2) is 47.7 Å². The molecular formula is C28H33N3O4S. The molecule has 0 radical (unpaired) electrons. The van der Waals surface area contributed by atoms with Crippen molar-refractivity contribution in [3.8, 4) is 5.75 Å². The van der Waals surface area contributed by atoms with Gasteiger partial charge in [-0.1, -0.05) is 6.92 Å². The van der Waals surface area contributed by atoms with Crippen LogP contribution in [0.25, 0.3) is 6.08 Å². The molecule has 3 amide bonds. The topological polar surface area (TPSA) is 79.0 Å². The molecule has 0 bridgehead atoms. The van der Waals surface area contributed by atoms with Crippen LogP contribution in [0.2, 0.25) is 0 Å². The molecule has 8 heteroatoms. The summed E-state index contributed by atoms with van der Waals surface area (Å²) < 4.78 is 5.40. The van der Waals surface area contributed by atoms with Gasteiger partial charge in [0.15, 0.2) is 0 Å². The molecule has 2 aliphatic heterocycles. The number of amides is 3. The van der Waals surface area contributed by atoms with Crippen molar-refractivity contribution >= 4 is 46.3 Å². The van der Waals surface area contributed by atoms with Crippen LogP contribution in [0.5, 0.6) is 5.75 Å². The Morgan fingerprint density at radius 2 is 1.92 bits per heavy atom. The number of anilines is 2. The van der Waals surface area contributed by atoms with Gasteiger partial charge >= 0.3 is 0 Å². The lowest BCUT2D eigenvalue weighted by molar-refractivity contribution is -0.127. The molecular weight excluding hydrogens is 474 g/mol. The van der Waals surface area contributed by atoms with E-state index < -0.39 is 17.1 Å². The molecule has 2 heterocycles. The first-order valence-electron chi connectivity index (χ1n) is 12.2. The Hall–Kier alpha value is -3.26. The number of carbonyl (C=O) groups excluding carboxylic acids is 3. The third kappa shape index (κ3) is 5.14. The van der Waals surface area contributed by atoms with E-state index in [1.165, 1.54) is 11.3 Å². The maximum absolute atomic E-state index is 13.0. The number of imide groups is 1. The highest BCUT2D eigenvalue weighted by Gasteiger charge is 2.37. The van der Waals surface area contributed by atoms with E-state index in [-0.39, 0.29) is 12.1 Å². The SMILES string of the molecule is CCOc1ccc(NC(=O)CN2C(=O)S/C(=C\c3cc4c(cc3C)N(C)C(C)(C)C[C@H]4C)C2=O)cc1. The van der Waals surface area contributed by atoms with Crippen LogP contribution in [0, 0.1) is 6.92 Å². The van der Waals surface area contributed by atoms with Gasteiger partial charge in [0.25, 0.3) is 11.1 Å². The normalized spacial score (nSPS) is 20.1. The van der Waals surface area contributed by atoms with Gasteiger partial charge in [-0.25, -0.2) is 0 Å². The van der Waals surface area contributed by atoms with E-state index in [1.807, 2.05) is 13.8 Å². The van der Waals surface area contributed by atoms with Crippen molar-refractivity contribution in [2.45, 2.75) is 52.5 Å². The number of nitrogens with zero attached hydrogens (tertiary/aromatic N) is 2. The largest absolute Gasteiger partial charge is 0.494 e. The number of carbonyl (C=O) groups is 3. The van der Waals surface area contributed by atoms with Crippen molar-refractivity contribution in [2.75, 3.05) is 30.4 Å². The van der Waals surface area contributed by atoms with Gasteiger partial charge in [-0.05, 0) is 111 Å². The quantitative estimate of drug-likeness (QED) is 0.499. The van der Waals surface area contributed by atoms with Crippen LogP contribution >= 0.6 is 11.8 Å². The highest BCUT2D eigenvalue weighted by atomic mass is 32.2. The van der Waals surface area contributed by atoms with Crippen LogP contribution in [0.4, 0.5) is 16.2 Å². The molecule has 0 unspecified atom stereocenters. The monoisotopic (exact) mass is 507 g/mol. The molecule has 1 saturated heterocycles. The maximum atomic E-state index is 13.0. The number of hydrogen-bond acceptors (Lipinski definition) is 6. The molecule has 4 rings (SSSR count). The zero-order valence-corrected chi connectivity index (χ0v) is 22.5. The Kier molecular flexibility index (Phi) is 7.18. The molecule has 1 N–H and O–H groups in total. The summed E-state index contributed by atoms with van der Waals surface area (Å²) in [6.07, 6.45) is 2.80. The zero-order chi connectivity index (χ0) is 26.2. The fraction of sp³-hybridized carbons (Fsp3) is 0.393. The van der Waals surface area contributed by atoms with E-state index in [2.05, 4.69) is 50.2 Å². The number of fused-ring (bicyclic) bond motifs is 1. The molecule has 190 valence electrons. The van der Waals surface area contributed by atoms with Gasteiger partial charge in [0.05, 0.1) is 11.5 Å². The summed E-state index contributed by atoms with van der Waals surface area (Å²) >= 11 is 0.871. The fourth-order valence-corrected chi connectivity index (χ4v) is 5.64. The second kappa shape index (κ2) is 10.0. The van der Waals surface area contributed by atoms with Gasteiger partial charge in [0.2, 0.25) is 5.91 Å². The standard InChI is InChI=1S/C28H33N3O4S/c1-7-35-21-10-8-20(9-11-21)29-25(32)16-31-26(33)24(36-27(31)34)14-19-13-22-18(3)15-28(4,5)30(6)23(22)12-17(19)2/h8-14,18H,7,15-16H2,1-6H3,(H,29,32)/b24-14-/t18-/m1/s1.